The summed E-state index contributed by atoms with van der Waals surface area (Å²) in [4.78, 5) is 0.197. The zero-order valence-corrected chi connectivity index (χ0v) is 11.1. The van der Waals surface area contributed by atoms with Crippen LogP contribution in [0.3, 0.4) is 0 Å². The molecule has 3 nitrogen and oxygen atoms in total. The highest BCUT2D eigenvalue weighted by molar-refractivity contribution is 7.90. The molecule has 16 heavy (non-hydrogen) atoms. The first kappa shape index (κ1) is 13.0. The van der Waals surface area contributed by atoms with Crippen molar-refractivity contribution in [2.24, 2.45) is 0 Å². The van der Waals surface area contributed by atoms with E-state index in [-0.39, 0.29) is 16.1 Å². The van der Waals surface area contributed by atoms with Gasteiger partial charge in [-0.05, 0) is 23.1 Å². The minimum absolute atomic E-state index is 0.109. The van der Waals surface area contributed by atoms with Gasteiger partial charge in [0.1, 0.15) is 10.6 Å². The second kappa shape index (κ2) is 4.09. The normalized spacial score (nSPS) is 12.6. The maximum atomic E-state index is 11.6. The molecule has 0 N–H and O–H groups in total. The van der Waals surface area contributed by atoms with E-state index in [4.69, 9.17) is 4.74 Å². The predicted octanol–water partition coefficient (Wildman–Crippen LogP) is 2.20. The highest BCUT2D eigenvalue weighted by Crippen LogP contribution is 2.30. The number of methoxy groups -OCH3 is 1. The van der Waals surface area contributed by atoms with Gasteiger partial charge in [0, 0.05) is 12.3 Å². The van der Waals surface area contributed by atoms with E-state index in [9.17, 15) is 8.42 Å². The molecule has 0 aliphatic heterocycles. The molecule has 0 amide bonds. The zero-order valence-electron chi connectivity index (χ0n) is 10.3. The van der Waals surface area contributed by atoms with Crippen LogP contribution in [0.5, 0.6) is 5.75 Å². The van der Waals surface area contributed by atoms with Gasteiger partial charge in [-0.3, -0.25) is 0 Å². The molecule has 1 rings (SSSR count). The van der Waals surface area contributed by atoms with Crippen LogP contribution in [-0.2, 0) is 15.3 Å². The lowest BCUT2D eigenvalue weighted by molar-refractivity contribution is 0.401. The molecule has 0 saturated carbocycles. The number of rotatable bonds is 2. The van der Waals surface area contributed by atoms with Crippen molar-refractivity contribution in [2.75, 3.05) is 13.4 Å². The first-order chi connectivity index (χ1) is 7.16. The van der Waals surface area contributed by atoms with E-state index >= 15 is 0 Å². The average Bonchev–Trinajstić information content (AvgIpc) is 2.14. The molecule has 0 aliphatic rings. The average molecular weight is 241 g/mol. The Morgan fingerprint density at radius 1 is 1.31 bits per heavy atom. The fourth-order valence-electron chi connectivity index (χ4n) is 1.33. The van der Waals surface area contributed by atoms with Crippen LogP contribution in [0.2, 0.25) is 0 Å². The Bertz CT molecular complexity index is 481. The molecule has 0 saturated heterocycles. The summed E-state index contributed by atoms with van der Waals surface area (Å²) in [5.74, 6) is 0.274. The summed E-state index contributed by atoms with van der Waals surface area (Å²) < 4.78 is 28.2. The lowest BCUT2D eigenvalue weighted by atomic mass is 9.87. The van der Waals surface area contributed by atoms with E-state index in [0.717, 1.165) is 5.56 Å². The summed E-state index contributed by atoms with van der Waals surface area (Å²) in [6.07, 6.45) is 1.17. The standard InChI is InChI=1S/C12H17O3S/c1-12(2,3)9-6-7-10(15-4)11(8-9)16(5,13)14/h6,8H,1-5H3. The Morgan fingerprint density at radius 3 is 2.25 bits per heavy atom. The van der Waals surface area contributed by atoms with Gasteiger partial charge >= 0.3 is 0 Å². The van der Waals surface area contributed by atoms with E-state index in [2.05, 4.69) is 6.07 Å². The van der Waals surface area contributed by atoms with Gasteiger partial charge in [-0.1, -0.05) is 20.8 Å². The molecule has 89 valence electrons. The molecule has 1 aromatic carbocycles. The fraction of sp³-hybridized carbons (Fsp3) is 0.500. The molecule has 0 spiro atoms. The van der Waals surface area contributed by atoms with Crippen LogP contribution in [0.1, 0.15) is 26.3 Å². The van der Waals surface area contributed by atoms with Crippen molar-refractivity contribution in [1.29, 1.82) is 0 Å². The Morgan fingerprint density at radius 2 is 1.88 bits per heavy atom. The molecule has 0 heterocycles. The Hall–Kier alpha value is -1.03. The van der Waals surface area contributed by atoms with Crippen LogP contribution in [0.15, 0.2) is 17.0 Å². The summed E-state index contributed by atoms with van der Waals surface area (Å²) in [6, 6.07) is 6.30. The van der Waals surface area contributed by atoms with Crippen molar-refractivity contribution in [2.45, 2.75) is 31.1 Å². The molecule has 0 aromatic heterocycles. The van der Waals surface area contributed by atoms with Gasteiger partial charge in [-0.2, -0.15) is 0 Å². The van der Waals surface area contributed by atoms with E-state index in [1.807, 2.05) is 20.8 Å². The number of hydrogen-bond acceptors (Lipinski definition) is 3. The van der Waals surface area contributed by atoms with Gasteiger partial charge in [0.25, 0.3) is 0 Å². The van der Waals surface area contributed by atoms with Crippen molar-refractivity contribution < 1.29 is 13.2 Å². The van der Waals surface area contributed by atoms with Crippen LogP contribution < -0.4 is 4.74 Å². The Kier molecular flexibility index (Phi) is 3.33. The smallest absolute Gasteiger partial charge is 0.179 e. The number of hydrogen-bond donors (Lipinski definition) is 0. The van der Waals surface area contributed by atoms with Crippen molar-refractivity contribution >= 4 is 9.84 Å². The third kappa shape index (κ3) is 2.76. The van der Waals surface area contributed by atoms with Crippen LogP contribution in [0.4, 0.5) is 0 Å². The quantitative estimate of drug-likeness (QED) is 0.797. The summed E-state index contributed by atoms with van der Waals surface area (Å²) in [5, 5.41) is 0. The van der Waals surface area contributed by atoms with Crippen LogP contribution in [0, 0.1) is 6.07 Å². The van der Waals surface area contributed by atoms with Crippen LogP contribution >= 0.6 is 0 Å². The molecule has 0 atom stereocenters. The number of benzene rings is 1. The topological polar surface area (TPSA) is 43.4 Å². The molecule has 1 aromatic rings. The molecule has 1 radical (unpaired) electrons. The molecule has 0 unspecified atom stereocenters. The van der Waals surface area contributed by atoms with Gasteiger partial charge < -0.3 is 4.74 Å². The van der Waals surface area contributed by atoms with E-state index in [1.165, 1.54) is 13.4 Å². The maximum Gasteiger partial charge on any atom is 0.179 e. The lowest BCUT2D eigenvalue weighted by Crippen LogP contribution is -2.12. The maximum absolute atomic E-state index is 11.6. The predicted molar refractivity (Wildman–Crippen MR) is 63.6 cm³/mol. The zero-order chi connectivity index (χ0) is 12.6. The SMILES string of the molecule is COc1[c]cc(C(C)(C)C)cc1S(C)(=O)=O. The summed E-state index contributed by atoms with van der Waals surface area (Å²) in [5.41, 5.74) is 0.816. The fourth-order valence-corrected chi connectivity index (χ4v) is 2.15. The first-order valence-corrected chi connectivity index (χ1v) is 6.85. The summed E-state index contributed by atoms with van der Waals surface area (Å²) in [6.45, 7) is 6.07. The summed E-state index contributed by atoms with van der Waals surface area (Å²) >= 11 is 0. The summed E-state index contributed by atoms with van der Waals surface area (Å²) in [7, 11) is -1.84. The monoisotopic (exact) mass is 241 g/mol. The largest absolute Gasteiger partial charge is 0.495 e. The van der Waals surface area contributed by atoms with Crippen LogP contribution in [-0.4, -0.2) is 21.8 Å². The Balaban J connectivity index is 3.46. The molecule has 0 aliphatic carbocycles. The highest BCUT2D eigenvalue weighted by atomic mass is 32.2. The highest BCUT2D eigenvalue weighted by Gasteiger charge is 2.20. The van der Waals surface area contributed by atoms with Gasteiger partial charge in [0.2, 0.25) is 0 Å². The van der Waals surface area contributed by atoms with Crippen LogP contribution in [0.25, 0.3) is 0 Å². The van der Waals surface area contributed by atoms with Gasteiger partial charge in [-0.25, -0.2) is 8.42 Å². The molecule has 0 bridgehead atoms. The van der Waals surface area contributed by atoms with Crippen molar-refractivity contribution in [1.82, 2.24) is 0 Å². The van der Waals surface area contributed by atoms with Gasteiger partial charge in [-0.15, -0.1) is 0 Å². The van der Waals surface area contributed by atoms with Crippen molar-refractivity contribution in [3.63, 3.8) is 0 Å². The van der Waals surface area contributed by atoms with Gasteiger partial charge in [0.05, 0.1) is 7.11 Å². The molecule has 4 heteroatoms. The lowest BCUT2D eigenvalue weighted by Gasteiger charge is -2.20. The third-order valence-corrected chi connectivity index (χ3v) is 3.44. The molecular formula is C12H17O3S. The third-order valence-electron chi connectivity index (χ3n) is 2.34. The minimum Gasteiger partial charge on any atom is -0.495 e. The second-order valence-corrected chi connectivity index (χ2v) is 6.79. The number of sulfone groups is 1. The molecular weight excluding hydrogens is 224 g/mol. The minimum atomic E-state index is -3.28. The van der Waals surface area contributed by atoms with Gasteiger partial charge in [0.15, 0.2) is 9.84 Å². The molecule has 0 fully saturated rings. The first-order valence-electron chi connectivity index (χ1n) is 4.96. The van der Waals surface area contributed by atoms with E-state index in [0.29, 0.717) is 0 Å². The van der Waals surface area contributed by atoms with Crippen molar-refractivity contribution in [3.05, 3.63) is 23.8 Å². The van der Waals surface area contributed by atoms with E-state index in [1.54, 1.807) is 12.1 Å². The van der Waals surface area contributed by atoms with Crippen molar-refractivity contribution in [3.8, 4) is 5.75 Å². The van der Waals surface area contributed by atoms with E-state index < -0.39 is 9.84 Å². The second-order valence-electron chi connectivity index (χ2n) is 4.81. The number of ether oxygens (including phenoxy) is 1. The Labute approximate surface area is 97.4 Å².